The maximum Gasteiger partial charge on any atom is 0.472 e. The Balaban J connectivity index is 4.12. The molecule has 59 heavy (non-hydrogen) atoms. The lowest BCUT2D eigenvalue weighted by Gasteiger charge is -2.20. The Hall–Kier alpha value is -1.55. The van der Waals surface area contributed by atoms with Gasteiger partial charge in [-0.1, -0.05) is 212 Å². The van der Waals surface area contributed by atoms with Gasteiger partial charge in [-0.15, -0.1) is 0 Å². The quantitative estimate of drug-likeness (QED) is 0.0233. The van der Waals surface area contributed by atoms with Crippen LogP contribution in [0.2, 0.25) is 0 Å². The second kappa shape index (κ2) is 44.5. The van der Waals surface area contributed by atoms with E-state index in [-0.39, 0.29) is 13.0 Å². The van der Waals surface area contributed by atoms with Crippen LogP contribution in [0.4, 0.5) is 0 Å². The Morgan fingerprint density at radius 1 is 0.542 bits per heavy atom. The Labute approximate surface area is 362 Å². The third-order valence-electron chi connectivity index (χ3n) is 10.7. The first-order chi connectivity index (χ1) is 28.7. The van der Waals surface area contributed by atoms with Crippen molar-refractivity contribution in [3.05, 3.63) is 24.3 Å². The highest BCUT2D eigenvalue weighted by atomic mass is 31.2. The molecule has 0 aromatic heterocycles. The molecule has 0 saturated heterocycles. The first-order valence-electron chi connectivity index (χ1n) is 24.4. The molecule has 0 amide bonds. The van der Waals surface area contributed by atoms with Gasteiger partial charge in [0.15, 0.2) is 0 Å². The number of carboxylic acid groups (broad SMARTS) is 1. The van der Waals surface area contributed by atoms with Crippen molar-refractivity contribution < 1.29 is 42.7 Å². The van der Waals surface area contributed by atoms with Crippen molar-refractivity contribution in [2.45, 2.75) is 244 Å². The maximum absolute atomic E-state index is 12.7. The standard InChI is InChI=1S/C48H92NO9P/c1-3-5-7-9-11-13-15-17-19-20-21-22-23-24-25-26-28-30-32-34-36-38-40-47(50)58-45(43-56-59(53,54)57-44-46(49)48(51)52)42-55-41-39-37-35-33-31-29-27-18-16-14-12-10-8-6-4-2/h10,12,16,18,45-46H,3-9,11,13-15,17,19-44,49H2,1-2H3,(H,51,52)(H,53,54)/b12-10-,18-16-. The number of carbonyl (C=O) groups is 2. The molecule has 0 saturated carbocycles. The lowest BCUT2D eigenvalue weighted by molar-refractivity contribution is -0.154. The van der Waals surface area contributed by atoms with Crippen molar-refractivity contribution in [2.24, 2.45) is 5.73 Å². The highest BCUT2D eigenvalue weighted by molar-refractivity contribution is 7.47. The van der Waals surface area contributed by atoms with Crippen LogP contribution in [0.15, 0.2) is 24.3 Å². The van der Waals surface area contributed by atoms with E-state index in [0.29, 0.717) is 13.0 Å². The molecule has 0 rings (SSSR count). The largest absolute Gasteiger partial charge is 0.480 e. The summed E-state index contributed by atoms with van der Waals surface area (Å²) in [6.45, 7) is 3.86. The smallest absolute Gasteiger partial charge is 0.472 e. The van der Waals surface area contributed by atoms with Crippen LogP contribution in [-0.2, 0) is 32.7 Å². The SMILES string of the molecule is CCCC/C=C\C/C=C\CCCCCCCCOCC(COP(=O)(O)OCC(N)C(=O)O)OC(=O)CCCCCCCCCCCCCCCCCCCCCCCC. The average Bonchev–Trinajstić information content (AvgIpc) is 3.21. The third kappa shape index (κ3) is 44.3. The van der Waals surface area contributed by atoms with E-state index in [2.05, 4.69) is 38.2 Å². The van der Waals surface area contributed by atoms with Crippen LogP contribution in [0.25, 0.3) is 0 Å². The zero-order valence-corrected chi connectivity index (χ0v) is 39.0. The lowest BCUT2D eigenvalue weighted by atomic mass is 10.0. The fourth-order valence-corrected chi connectivity index (χ4v) is 7.69. The van der Waals surface area contributed by atoms with Crippen LogP contribution in [0, 0.1) is 0 Å². The minimum atomic E-state index is -4.62. The normalized spacial score (nSPS) is 14.0. The van der Waals surface area contributed by atoms with Crippen molar-refractivity contribution in [2.75, 3.05) is 26.4 Å². The molecule has 0 aliphatic heterocycles. The van der Waals surface area contributed by atoms with Crippen LogP contribution in [-0.4, -0.2) is 60.5 Å². The van der Waals surface area contributed by atoms with Gasteiger partial charge in [0, 0.05) is 13.0 Å². The average molecular weight is 858 g/mol. The molecule has 348 valence electrons. The summed E-state index contributed by atoms with van der Waals surface area (Å²) in [4.78, 5) is 33.6. The minimum Gasteiger partial charge on any atom is -0.480 e. The molecule has 0 aliphatic rings. The summed E-state index contributed by atoms with van der Waals surface area (Å²) in [5.74, 6) is -1.77. The number of aliphatic carboxylic acids is 1. The molecular weight excluding hydrogens is 765 g/mol. The summed E-state index contributed by atoms with van der Waals surface area (Å²) < 4.78 is 33.4. The maximum atomic E-state index is 12.7. The van der Waals surface area contributed by atoms with Gasteiger partial charge < -0.3 is 25.2 Å². The number of carboxylic acids is 1. The molecule has 3 unspecified atom stereocenters. The monoisotopic (exact) mass is 858 g/mol. The summed E-state index contributed by atoms with van der Waals surface area (Å²) in [6.07, 6.45) is 49.5. The van der Waals surface area contributed by atoms with E-state index in [1.165, 1.54) is 161 Å². The van der Waals surface area contributed by atoms with Gasteiger partial charge in [-0.25, -0.2) is 4.57 Å². The van der Waals surface area contributed by atoms with E-state index >= 15 is 0 Å². The molecule has 11 heteroatoms. The van der Waals surface area contributed by atoms with Crippen LogP contribution in [0.1, 0.15) is 232 Å². The molecule has 0 aromatic rings. The number of phosphoric acid groups is 1. The highest BCUT2D eigenvalue weighted by Gasteiger charge is 2.27. The summed E-state index contributed by atoms with van der Waals surface area (Å²) in [5, 5.41) is 8.91. The summed E-state index contributed by atoms with van der Waals surface area (Å²) in [7, 11) is -4.62. The molecule has 0 fully saturated rings. The fraction of sp³-hybridized carbons (Fsp3) is 0.875. The molecule has 0 radical (unpaired) electrons. The number of unbranched alkanes of at least 4 members (excludes halogenated alkanes) is 29. The topological polar surface area (TPSA) is 155 Å². The van der Waals surface area contributed by atoms with Crippen LogP contribution < -0.4 is 5.73 Å². The predicted molar refractivity (Wildman–Crippen MR) is 245 cm³/mol. The van der Waals surface area contributed by atoms with Crippen molar-refractivity contribution in [1.29, 1.82) is 0 Å². The molecule has 0 aliphatic carbocycles. The first kappa shape index (κ1) is 57.4. The summed E-state index contributed by atoms with van der Waals surface area (Å²) in [6, 6.07) is -1.47. The molecule has 3 atom stereocenters. The number of esters is 1. The number of nitrogens with two attached hydrogens (primary N) is 1. The number of carbonyl (C=O) groups excluding carboxylic acids is 1. The van der Waals surface area contributed by atoms with Crippen molar-refractivity contribution in [1.82, 2.24) is 0 Å². The van der Waals surface area contributed by atoms with E-state index < -0.39 is 45.1 Å². The summed E-state index contributed by atoms with van der Waals surface area (Å²) >= 11 is 0. The van der Waals surface area contributed by atoms with Gasteiger partial charge in [0.1, 0.15) is 12.1 Å². The molecule has 0 bridgehead atoms. The van der Waals surface area contributed by atoms with Gasteiger partial charge >= 0.3 is 19.8 Å². The predicted octanol–water partition coefficient (Wildman–Crippen LogP) is 13.9. The van der Waals surface area contributed by atoms with Gasteiger partial charge in [-0.3, -0.25) is 18.6 Å². The van der Waals surface area contributed by atoms with E-state index in [4.69, 9.17) is 29.4 Å². The number of allylic oxidation sites excluding steroid dienone is 4. The van der Waals surface area contributed by atoms with Crippen LogP contribution >= 0.6 is 7.82 Å². The minimum absolute atomic E-state index is 0.0138. The molecule has 10 nitrogen and oxygen atoms in total. The molecule has 0 heterocycles. The Morgan fingerprint density at radius 3 is 1.42 bits per heavy atom. The van der Waals surface area contributed by atoms with Gasteiger partial charge in [0.05, 0.1) is 19.8 Å². The van der Waals surface area contributed by atoms with Crippen molar-refractivity contribution in [3.63, 3.8) is 0 Å². The molecule has 0 aromatic carbocycles. The van der Waals surface area contributed by atoms with Gasteiger partial charge in [-0.05, 0) is 38.5 Å². The van der Waals surface area contributed by atoms with Gasteiger partial charge in [0.25, 0.3) is 0 Å². The number of hydrogen-bond acceptors (Lipinski definition) is 8. The first-order valence-corrected chi connectivity index (χ1v) is 25.9. The second-order valence-electron chi connectivity index (χ2n) is 16.6. The zero-order valence-electron chi connectivity index (χ0n) is 38.1. The number of phosphoric ester groups is 1. The number of ether oxygens (including phenoxy) is 2. The molecule has 0 spiro atoms. The van der Waals surface area contributed by atoms with E-state index in [1.807, 2.05) is 0 Å². The third-order valence-corrected chi connectivity index (χ3v) is 11.7. The molecular formula is C48H92NO9P. The Kier molecular flexibility index (Phi) is 43.3. The number of hydrogen-bond donors (Lipinski definition) is 3. The zero-order chi connectivity index (χ0) is 43.3. The second-order valence-corrected chi connectivity index (χ2v) is 18.1. The van der Waals surface area contributed by atoms with Crippen molar-refractivity contribution >= 4 is 19.8 Å². The number of rotatable bonds is 47. The highest BCUT2D eigenvalue weighted by Crippen LogP contribution is 2.43. The van der Waals surface area contributed by atoms with Crippen LogP contribution in [0.5, 0.6) is 0 Å². The van der Waals surface area contributed by atoms with Gasteiger partial charge in [-0.2, -0.15) is 0 Å². The van der Waals surface area contributed by atoms with Crippen LogP contribution in [0.3, 0.4) is 0 Å². The van der Waals surface area contributed by atoms with E-state index in [9.17, 15) is 19.0 Å². The Bertz CT molecular complexity index is 1040. The fourth-order valence-electron chi connectivity index (χ4n) is 6.92. The molecule has 4 N–H and O–H groups in total. The summed E-state index contributed by atoms with van der Waals surface area (Å²) in [5.41, 5.74) is 5.37. The van der Waals surface area contributed by atoms with Crippen molar-refractivity contribution in [3.8, 4) is 0 Å². The lowest BCUT2D eigenvalue weighted by Crippen LogP contribution is -2.34. The Morgan fingerprint density at radius 2 is 0.949 bits per heavy atom. The van der Waals surface area contributed by atoms with Gasteiger partial charge in [0.2, 0.25) is 0 Å². The van der Waals surface area contributed by atoms with E-state index in [1.54, 1.807) is 0 Å². The van der Waals surface area contributed by atoms with E-state index in [0.717, 1.165) is 44.9 Å².